The molecule has 6 heteroatoms. The maximum atomic E-state index is 13.3. The first kappa shape index (κ1) is 17.5. The molecule has 2 aromatic heterocycles. The molecule has 1 aliphatic rings. The summed E-state index contributed by atoms with van der Waals surface area (Å²) < 4.78 is 1.72. The van der Waals surface area contributed by atoms with Gasteiger partial charge in [-0.2, -0.15) is 5.10 Å². The van der Waals surface area contributed by atoms with Gasteiger partial charge in [-0.15, -0.1) is 0 Å². The predicted molar refractivity (Wildman–Crippen MR) is 103 cm³/mol. The van der Waals surface area contributed by atoms with E-state index in [1.54, 1.807) is 29.0 Å². The van der Waals surface area contributed by atoms with Crippen LogP contribution in [-0.4, -0.2) is 43.1 Å². The second-order valence-electron chi connectivity index (χ2n) is 7.21. The Bertz CT molecular complexity index is 948. The highest BCUT2D eigenvalue weighted by Crippen LogP contribution is 2.25. The van der Waals surface area contributed by atoms with E-state index in [0.717, 1.165) is 50.0 Å². The first-order valence-electron chi connectivity index (χ1n) is 9.52. The number of carbonyl (C=O) groups is 1. The summed E-state index contributed by atoms with van der Waals surface area (Å²) in [5, 5.41) is 13.7. The van der Waals surface area contributed by atoms with E-state index in [1.807, 2.05) is 30.0 Å². The molecule has 1 N–H and O–H groups in total. The molecule has 1 amide bonds. The van der Waals surface area contributed by atoms with Crippen molar-refractivity contribution in [3.63, 3.8) is 0 Å². The Kier molecular flexibility index (Phi) is 4.79. The van der Waals surface area contributed by atoms with Crippen LogP contribution in [0.25, 0.3) is 5.65 Å². The van der Waals surface area contributed by atoms with Crippen molar-refractivity contribution in [1.29, 1.82) is 0 Å². The SMILES string of the molecule is Cc1c(C(=O)N2CCCC[C@@H]2CCc2ccc(O)cc2)cnc2ccnn12. The summed E-state index contributed by atoms with van der Waals surface area (Å²) in [7, 11) is 0. The summed E-state index contributed by atoms with van der Waals surface area (Å²) in [6, 6.07) is 9.39. The molecule has 0 radical (unpaired) electrons. The van der Waals surface area contributed by atoms with Gasteiger partial charge >= 0.3 is 0 Å². The summed E-state index contributed by atoms with van der Waals surface area (Å²) in [4.78, 5) is 19.7. The summed E-state index contributed by atoms with van der Waals surface area (Å²) in [6.07, 6.45) is 8.42. The molecule has 0 saturated carbocycles. The molecule has 1 saturated heterocycles. The molecule has 4 rings (SSSR count). The van der Waals surface area contributed by atoms with Crippen molar-refractivity contribution >= 4 is 11.6 Å². The molecule has 0 spiro atoms. The highest BCUT2D eigenvalue weighted by molar-refractivity contribution is 5.95. The molecule has 3 heterocycles. The third-order valence-corrected chi connectivity index (χ3v) is 5.48. The smallest absolute Gasteiger partial charge is 0.257 e. The van der Waals surface area contributed by atoms with Gasteiger partial charge in [0.1, 0.15) is 5.75 Å². The van der Waals surface area contributed by atoms with Gasteiger partial charge in [0.05, 0.1) is 17.5 Å². The second-order valence-corrected chi connectivity index (χ2v) is 7.21. The van der Waals surface area contributed by atoms with Crippen LogP contribution in [0.15, 0.2) is 42.7 Å². The average Bonchev–Trinajstić information content (AvgIpc) is 3.17. The van der Waals surface area contributed by atoms with E-state index >= 15 is 0 Å². The maximum absolute atomic E-state index is 13.3. The van der Waals surface area contributed by atoms with Gasteiger partial charge in [-0.3, -0.25) is 4.79 Å². The quantitative estimate of drug-likeness (QED) is 0.770. The number of nitrogens with zero attached hydrogens (tertiary/aromatic N) is 4. The number of hydrogen-bond donors (Lipinski definition) is 1. The number of aromatic hydroxyl groups is 1. The van der Waals surface area contributed by atoms with E-state index in [0.29, 0.717) is 5.56 Å². The van der Waals surface area contributed by atoms with Gasteiger partial charge in [-0.05, 0) is 56.7 Å². The number of piperidine rings is 1. The number of carbonyl (C=O) groups excluding carboxylic acids is 1. The van der Waals surface area contributed by atoms with Gasteiger partial charge in [-0.1, -0.05) is 12.1 Å². The Morgan fingerprint density at radius 3 is 2.85 bits per heavy atom. The summed E-state index contributed by atoms with van der Waals surface area (Å²) >= 11 is 0. The van der Waals surface area contributed by atoms with Crippen LogP contribution in [-0.2, 0) is 6.42 Å². The van der Waals surface area contributed by atoms with Crippen LogP contribution in [0.5, 0.6) is 5.75 Å². The molecule has 1 atom stereocenters. The lowest BCUT2D eigenvalue weighted by Crippen LogP contribution is -2.44. The molecule has 6 nitrogen and oxygen atoms in total. The molecule has 0 aliphatic carbocycles. The predicted octanol–water partition coefficient (Wildman–Crippen LogP) is 3.37. The molecule has 1 aromatic carbocycles. The zero-order chi connectivity index (χ0) is 18.8. The summed E-state index contributed by atoms with van der Waals surface area (Å²) in [5.74, 6) is 0.331. The third kappa shape index (κ3) is 3.52. The standard InChI is InChI=1S/C21H24N4O2/c1-15-19(14-22-20-11-12-23-25(15)20)21(27)24-13-3-2-4-17(24)8-5-16-6-9-18(26)10-7-16/h6-7,9-12,14,17,26H,2-5,8,13H2,1H3/t17-/m1/s1. The molecule has 0 bridgehead atoms. The van der Waals surface area contributed by atoms with Crippen molar-refractivity contribution in [3.05, 3.63) is 59.5 Å². The van der Waals surface area contributed by atoms with Gasteiger partial charge in [0.2, 0.25) is 0 Å². The molecular weight excluding hydrogens is 340 g/mol. The number of aromatic nitrogens is 3. The number of likely N-dealkylation sites (tertiary alicyclic amines) is 1. The van der Waals surface area contributed by atoms with Crippen molar-refractivity contribution in [2.24, 2.45) is 0 Å². The minimum atomic E-state index is 0.0489. The van der Waals surface area contributed by atoms with Crippen LogP contribution in [0.2, 0.25) is 0 Å². The zero-order valence-corrected chi connectivity index (χ0v) is 15.5. The van der Waals surface area contributed by atoms with Gasteiger partial charge in [0.25, 0.3) is 5.91 Å². The normalized spacial score (nSPS) is 17.4. The molecule has 27 heavy (non-hydrogen) atoms. The fraction of sp³-hybridized carbons (Fsp3) is 0.381. The molecule has 140 valence electrons. The number of benzene rings is 1. The van der Waals surface area contributed by atoms with Crippen LogP contribution < -0.4 is 0 Å². The van der Waals surface area contributed by atoms with E-state index in [9.17, 15) is 9.90 Å². The van der Waals surface area contributed by atoms with E-state index in [1.165, 1.54) is 5.56 Å². The van der Waals surface area contributed by atoms with Crippen molar-refractivity contribution < 1.29 is 9.90 Å². The molecular formula is C21H24N4O2. The van der Waals surface area contributed by atoms with E-state index in [-0.39, 0.29) is 17.7 Å². The number of fused-ring (bicyclic) bond motifs is 1. The Morgan fingerprint density at radius 1 is 1.22 bits per heavy atom. The highest BCUT2D eigenvalue weighted by atomic mass is 16.3. The molecule has 1 aliphatic heterocycles. The van der Waals surface area contributed by atoms with Crippen LogP contribution in [0.1, 0.15) is 47.3 Å². The Labute approximate surface area is 158 Å². The molecule has 1 fully saturated rings. The third-order valence-electron chi connectivity index (χ3n) is 5.48. The fourth-order valence-corrected chi connectivity index (χ4v) is 3.92. The highest BCUT2D eigenvalue weighted by Gasteiger charge is 2.28. The number of phenols is 1. The average molecular weight is 364 g/mol. The first-order chi connectivity index (χ1) is 13.1. The van der Waals surface area contributed by atoms with Crippen LogP contribution in [0.3, 0.4) is 0 Å². The van der Waals surface area contributed by atoms with Crippen molar-refractivity contribution in [2.45, 2.75) is 45.1 Å². The maximum Gasteiger partial charge on any atom is 0.257 e. The van der Waals surface area contributed by atoms with Gasteiger partial charge in [0.15, 0.2) is 5.65 Å². The number of hydrogen-bond acceptors (Lipinski definition) is 4. The van der Waals surface area contributed by atoms with Crippen molar-refractivity contribution in [1.82, 2.24) is 19.5 Å². The largest absolute Gasteiger partial charge is 0.508 e. The van der Waals surface area contributed by atoms with Gasteiger partial charge < -0.3 is 10.0 Å². The summed E-state index contributed by atoms with van der Waals surface area (Å²) in [6.45, 7) is 2.71. The molecule has 0 unspecified atom stereocenters. The number of aryl methyl sites for hydroxylation is 2. The monoisotopic (exact) mass is 364 g/mol. The van der Waals surface area contributed by atoms with Crippen molar-refractivity contribution in [3.8, 4) is 5.75 Å². The van der Waals surface area contributed by atoms with Gasteiger partial charge in [-0.25, -0.2) is 9.50 Å². The second kappa shape index (κ2) is 7.39. The van der Waals surface area contributed by atoms with Gasteiger partial charge in [0, 0.05) is 24.8 Å². The Morgan fingerprint density at radius 2 is 2.04 bits per heavy atom. The number of rotatable bonds is 4. The van der Waals surface area contributed by atoms with E-state index in [4.69, 9.17) is 0 Å². The topological polar surface area (TPSA) is 70.7 Å². The number of phenolic OH excluding ortho intramolecular Hbond substituents is 1. The lowest BCUT2D eigenvalue weighted by atomic mass is 9.95. The first-order valence-corrected chi connectivity index (χ1v) is 9.52. The fourth-order valence-electron chi connectivity index (χ4n) is 3.92. The Hall–Kier alpha value is -2.89. The Balaban J connectivity index is 1.53. The van der Waals surface area contributed by atoms with E-state index < -0.39 is 0 Å². The summed E-state index contributed by atoms with van der Waals surface area (Å²) in [5.41, 5.74) is 3.40. The minimum absolute atomic E-state index is 0.0489. The zero-order valence-electron chi connectivity index (χ0n) is 15.5. The van der Waals surface area contributed by atoms with Crippen LogP contribution in [0.4, 0.5) is 0 Å². The van der Waals surface area contributed by atoms with Crippen LogP contribution >= 0.6 is 0 Å². The van der Waals surface area contributed by atoms with E-state index in [2.05, 4.69) is 10.1 Å². The minimum Gasteiger partial charge on any atom is -0.508 e. The van der Waals surface area contributed by atoms with Crippen molar-refractivity contribution in [2.75, 3.05) is 6.54 Å². The van der Waals surface area contributed by atoms with Crippen LogP contribution in [0, 0.1) is 6.92 Å². The number of amides is 1. The lowest BCUT2D eigenvalue weighted by Gasteiger charge is -2.36. The lowest BCUT2D eigenvalue weighted by molar-refractivity contribution is 0.0600. The molecule has 3 aromatic rings.